The first-order valence-corrected chi connectivity index (χ1v) is 10.3. The molecule has 2 aromatic rings. The minimum absolute atomic E-state index is 0. The van der Waals surface area contributed by atoms with Crippen LogP contribution in [0.3, 0.4) is 0 Å². The Hall–Kier alpha value is -2.46. The fraction of sp³-hybridized carbons (Fsp3) is 0.524. The van der Waals surface area contributed by atoms with Crippen molar-refractivity contribution in [2.75, 3.05) is 23.7 Å². The number of nitrogen functional groups attached to an aromatic ring is 1. The van der Waals surface area contributed by atoms with Gasteiger partial charge >= 0.3 is 5.97 Å². The van der Waals surface area contributed by atoms with Crippen LogP contribution in [0.4, 0.5) is 24.5 Å². The van der Waals surface area contributed by atoms with Crippen LogP contribution < -0.4 is 21.8 Å². The number of nitrogens with two attached hydrogens (primary N) is 2. The van der Waals surface area contributed by atoms with Crippen LogP contribution in [0.2, 0.25) is 0 Å². The van der Waals surface area contributed by atoms with Crippen molar-refractivity contribution in [2.45, 2.75) is 50.1 Å². The highest BCUT2D eigenvalue weighted by atomic mass is 35.5. The van der Waals surface area contributed by atoms with Gasteiger partial charge in [0.05, 0.1) is 28.3 Å². The van der Waals surface area contributed by atoms with Crippen LogP contribution >= 0.6 is 12.4 Å². The van der Waals surface area contributed by atoms with Gasteiger partial charge in [-0.1, -0.05) is 0 Å². The number of aromatic nitrogens is 1. The van der Waals surface area contributed by atoms with Gasteiger partial charge in [0.25, 0.3) is 0 Å². The molecular weight excluding hydrogens is 449 g/mol. The largest absolute Gasteiger partial charge is 0.477 e. The Kier molecular flexibility index (Phi) is 5.17. The van der Waals surface area contributed by atoms with Crippen LogP contribution in [0, 0.1) is 18.7 Å². The number of rotatable bonds is 4. The molecule has 5 rings (SSSR count). The number of benzene rings is 1. The van der Waals surface area contributed by atoms with Gasteiger partial charge in [0.15, 0.2) is 5.82 Å². The van der Waals surface area contributed by atoms with Crippen LogP contribution in [0.5, 0.6) is 0 Å². The monoisotopic (exact) mass is 472 g/mol. The molecule has 32 heavy (non-hydrogen) atoms. The molecule has 3 fully saturated rings. The van der Waals surface area contributed by atoms with E-state index in [1.807, 2.05) is 0 Å². The van der Waals surface area contributed by atoms with E-state index in [2.05, 4.69) is 0 Å². The second-order valence-electron chi connectivity index (χ2n) is 9.09. The Labute approximate surface area is 187 Å². The number of hydrogen-bond donors (Lipinski definition) is 3. The summed E-state index contributed by atoms with van der Waals surface area (Å²) in [6, 6.07) is -0.670. The summed E-state index contributed by atoms with van der Waals surface area (Å²) in [4.78, 5) is 25.9. The third-order valence-electron chi connectivity index (χ3n) is 7.06. The number of anilines is 2. The van der Waals surface area contributed by atoms with Gasteiger partial charge in [-0.05, 0) is 25.3 Å². The normalized spacial score (nSPS) is 28.0. The number of fused-ring (bicyclic) bond motifs is 1. The number of aryl methyl sites for hydroxylation is 1. The number of hydrogen-bond acceptors (Lipinski definition) is 5. The summed E-state index contributed by atoms with van der Waals surface area (Å²) in [6.45, 7) is 1.69. The molecule has 2 unspecified atom stereocenters. The summed E-state index contributed by atoms with van der Waals surface area (Å²) in [5.74, 6) is -2.85. The zero-order valence-electron chi connectivity index (χ0n) is 17.3. The average Bonchev–Trinajstić information content (AvgIpc) is 3.58. The van der Waals surface area contributed by atoms with Crippen molar-refractivity contribution in [3.05, 3.63) is 33.4 Å². The highest BCUT2D eigenvalue weighted by Crippen LogP contribution is 2.48. The first-order chi connectivity index (χ1) is 14.5. The Morgan fingerprint density at radius 2 is 1.88 bits per heavy atom. The summed E-state index contributed by atoms with van der Waals surface area (Å²) in [5.41, 5.74) is 10.1. The molecule has 0 radical (unpaired) electrons. The van der Waals surface area contributed by atoms with E-state index in [1.54, 1.807) is 11.8 Å². The zero-order chi connectivity index (χ0) is 22.4. The highest BCUT2D eigenvalue weighted by Gasteiger charge is 2.53. The summed E-state index contributed by atoms with van der Waals surface area (Å²) in [6.07, 6.45) is 0.222. The molecule has 2 aliphatic carbocycles. The number of aromatic carboxylic acids is 1. The van der Waals surface area contributed by atoms with Crippen LogP contribution in [0.25, 0.3) is 10.9 Å². The van der Waals surface area contributed by atoms with Crippen molar-refractivity contribution >= 4 is 40.7 Å². The van der Waals surface area contributed by atoms with E-state index in [9.17, 15) is 23.5 Å². The predicted octanol–water partition coefficient (Wildman–Crippen LogP) is 2.70. The van der Waals surface area contributed by atoms with Gasteiger partial charge in [0.1, 0.15) is 17.9 Å². The predicted molar refractivity (Wildman–Crippen MR) is 117 cm³/mol. The number of carboxylic acids is 1. The lowest BCUT2D eigenvalue weighted by Crippen LogP contribution is -2.38. The SMILES string of the molecule is Cc1c(N2CC(F)C(C3(N)CC3)C2)c(F)c(N)c2c(=O)c(C(=O)O)cn([C@@H]3C[C@H]3F)c12.Cl. The smallest absolute Gasteiger partial charge is 0.341 e. The number of halogens is 4. The molecule has 7 nitrogen and oxygen atoms in total. The second kappa shape index (κ2) is 7.28. The lowest BCUT2D eigenvalue weighted by Gasteiger charge is -2.26. The second-order valence-corrected chi connectivity index (χ2v) is 9.09. The van der Waals surface area contributed by atoms with Crippen LogP contribution in [-0.4, -0.2) is 46.6 Å². The molecule has 11 heteroatoms. The lowest BCUT2D eigenvalue weighted by atomic mass is 9.96. The van der Waals surface area contributed by atoms with Gasteiger partial charge in [-0.25, -0.2) is 18.0 Å². The van der Waals surface area contributed by atoms with Crippen LogP contribution in [0.1, 0.15) is 41.2 Å². The molecule has 2 saturated carbocycles. The number of nitrogens with zero attached hydrogens (tertiary/aromatic N) is 2. The molecule has 0 spiro atoms. The molecule has 1 aromatic carbocycles. The van der Waals surface area contributed by atoms with E-state index in [0.717, 1.165) is 6.20 Å². The molecule has 4 atom stereocenters. The molecule has 1 aromatic heterocycles. The van der Waals surface area contributed by atoms with Crippen LogP contribution in [-0.2, 0) is 0 Å². The number of pyridine rings is 1. The highest BCUT2D eigenvalue weighted by molar-refractivity contribution is 6.01. The fourth-order valence-electron chi connectivity index (χ4n) is 5.01. The quantitative estimate of drug-likeness (QED) is 0.589. The van der Waals surface area contributed by atoms with Gasteiger partial charge in [0, 0.05) is 37.2 Å². The first kappa shape index (κ1) is 22.7. The molecule has 5 N–H and O–H groups in total. The van der Waals surface area contributed by atoms with Gasteiger partial charge in [-0.3, -0.25) is 4.79 Å². The summed E-state index contributed by atoms with van der Waals surface area (Å²) in [5, 5.41) is 9.12. The van der Waals surface area contributed by atoms with Crippen molar-refractivity contribution < 1.29 is 23.1 Å². The maximum Gasteiger partial charge on any atom is 0.341 e. The van der Waals surface area contributed by atoms with Crippen molar-refractivity contribution in [3.8, 4) is 0 Å². The van der Waals surface area contributed by atoms with E-state index in [-0.39, 0.29) is 48.5 Å². The maximum absolute atomic E-state index is 15.5. The topological polar surface area (TPSA) is 115 Å². The Bertz CT molecular complexity index is 1200. The molecule has 1 saturated heterocycles. The molecule has 174 valence electrons. The third-order valence-corrected chi connectivity index (χ3v) is 7.06. The lowest BCUT2D eigenvalue weighted by molar-refractivity contribution is 0.0694. The molecule has 2 heterocycles. The fourth-order valence-corrected chi connectivity index (χ4v) is 5.01. The van der Waals surface area contributed by atoms with Gasteiger partial charge in [-0.2, -0.15) is 0 Å². The summed E-state index contributed by atoms with van der Waals surface area (Å²) >= 11 is 0. The molecular formula is C21H24ClF3N4O3. The van der Waals surface area contributed by atoms with Crippen LogP contribution in [0.15, 0.2) is 11.0 Å². The maximum atomic E-state index is 15.5. The van der Waals surface area contributed by atoms with Crippen molar-refractivity contribution in [1.29, 1.82) is 0 Å². The molecule has 0 amide bonds. The van der Waals surface area contributed by atoms with Crippen molar-refractivity contribution in [2.24, 2.45) is 11.7 Å². The first-order valence-electron chi connectivity index (χ1n) is 10.3. The number of carboxylic acid groups (broad SMARTS) is 1. The van der Waals surface area contributed by atoms with E-state index < -0.39 is 58.3 Å². The minimum Gasteiger partial charge on any atom is -0.477 e. The van der Waals surface area contributed by atoms with Gasteiger partial charge in [0.2, 0.25) is 5.43 Å². The van der Waals surface area contributed by atoms with Crippen molar-refractivity contribution in [3.63, 3.8) is 0 Å². The van der Waals surface area contributed by atoms with Crippen molar-refractivity contribution in [1.82, 2.24) is 4.57 Å². The number of alkyl halides is 2. The summed E-state index contributed by atoms with van der Waals surface area (Å²) < 4.78 is 45.5. The summed E-state index contributed by atoms with van der Waals surface area (Å²) in [7, 11) is 0. The minimum atomic E-state index is -1.50. The van der Waals surface area contributed by atoms with E-state index in [0.29, 0.717) is 18.4 Å². The Morgan fingerprint density at radius 1 is 1.25 bits per heavy atom. The van der Waals surface area contributed by atoms with E-state index in [4.69, 9.17) is 11.5 Å². The Morgan fingerprint density at radius 3 is 2.41 bits per heavy atom. The average molecular weight is 473 g/mol. The van der Waals surface area contributed by atoms with Gasteiger partial charge < -0.3 is 26.0 Å². The zero-order valence-corrected chi connectivity index (χ0v) is 18.1. The standard InChI is InChI=1S/C21H23F3N4O3.ClH/c1-8-17-14(19(29)9(20(30)31)5-28(17)13-4-11(13)22)16(25)15(24)18(8)27-6-10(12(23)7-27)21(26)2-3-21;/h5,10-13H,2-4,6-7,25-26H2,1H3,(H,30,31);1H/t10?,11-,12?,13-;/m1./s1. The Balaban J connectivity index is 0.00000245. The molecule has 0 bridgehead atoms. The van der Waals surface area contributed by atoms with E-state index >= 15 is 4.39 Å². The van der Waals surface area contributed by atoms with E-state index in [1.165, 1.54) is 4.57 Å². The molecule has 3 aliphatic rings. The van der Waals surface area contributed by atoms with Gasteiger partial charge in [-0.15, -0.1) is 12.4 Å². The number of carbonyl (C=O) groups is 1. The third kappa shape index (κ3) is 3.14. The molecule has 1 aliphatic heterocycles.